The van der Waals surface area contributed by atoms with Gasteiger partial charge in [-0.2, -0.15) is 15.8 Å². The molecular formula is C19H15Cl2N5. The minimum absolute atomic E-state index is 0.159. The minimum Gasteiger partial charge on any atom is -0.305 e. The number of benzene rings is 1. The highest BCUT2D eigenvalue weighted by Crippen LogP contribution is 2.53. The van der Waals surface area contributed by atoms with Crippen molar-refractivity contribution in [1.82, 2.24) is 4.90 Å². The number of halogens is 2. The van der Waals surface area contributed by atoms with Gasteiger partial charge in [0.25, 0.3) is 0 Å². The monoisotopic (exact) mass is 383 g/mol. The van der Waals surface area contributed by atoms with Crippen LogP contribution in [0.25, 0.3) is 0 Å². The lowest BCUT2D eigenvalue weighted by Crippen LogP contribution is -2.52. The topological polar surface area (TPSA) is 98.5 Å². The summed E-state index contributed by atoms with van der Waals surface area (Å²) < 4.78 is 0. The van der Waals surface area contributed by atoms with Crippen molar-refractivity contribution in [1.29, 1.82) is 21.2 Å². The van der Waals surface area contributed by atoms with E-state index in [9.17, 15) is 15.8 Å². The van der Waals surface area contributed by atoms with Crippen LogP contribution in [0.1, 0.15) is 11.5 Å². The zero-order valence-corrected chi connectivity index (χ0v) is 15.5. The maximum atomic E-state index is 9.92. The summed E-state index contributed by atoms with van der Waals surface area (Å²) in [4.78, 5) is 2.07. The van der Waals surface area contributed by atoms with Gasteiger partial charge in [-0.1, -0.05) is 35.3 Å². The highest BCUT2D eigenvalue weighted by Gasteiger charge is 2.57. The first kappa shape index (κ1) is 18.4. The van der Waals surface area contributed by atoms with Crippen LogP contribution in [-0.4, -0.2) is 30.7 Å². The number of likely N-dealkylation sites (N-methyl/N-ethyl adjacent to an activating group) is 1. The van der Waals surface area contributed by atoms with E-state index >= 15 is 0 Å². The minimum atomic E-state index is -1.72. The Morgan fingerprint density at radius 1 is 1.19 bits per heavy atom. The quantitative estimate of drug-likeness (QED) is 0.745. The second-order valence-corrected chi connectivity index (χ2v) is 7.50. The summed E-state index contributed by atoms with van der Waals surface area (Å²) in [6, 6.07) is 11.3. The number of hydrogen-bond donors (Lipinski definition) is 1. The smallest absolute Gasteiger partial charge is 0.189 e. The molecule has 0 spiro atoms. The van der Waals surface area contributed by atoms with Gasteiger partial charge in [-0.05, 0) is 30.3 Å². The molecule has 1 N–H and O–H groups in total. The van der Waals surface area contributed by atoms with Gasteiger partial charge in [0.2, 0.25) is 0 Å². The first-order valence-corrected chi connectivity index (χ1v) is 8.79. The highest BCUT2D eigenvalue weighted by atomic mass is 35.5. The van der Waals surface area contributed by atoms with E-state index < -0.39 is 17.3 Å². The molecule has 1 aliphatic heterocycles. The van der Waals surface area contributed by atoms with E-state index in [4.69, 9.17) is 28.6 Å². The Hall–Kier alpha value is -2.36. The second-order valence-electron chi connectivity index (χ2n) is 6.69. The summed E-state index contributed by atoms with van der Waals surface area (Å²) in [5.74, 6) is -1.69. The standard InChI is InChI=1S/C19H15Cl2N5/c1-26-5-4-12-13(7-22)18(25)19(9-23,10-24)17(14(12)8-26)11-2-3-15(20)16(21)6-11/h2-4,6,13-14,17,25H,5,8H2,1H3. The molecule has 1 heterocycles. The molecule has 0 amide bonds. The average Bonchev–Trinajstić information content (AvgIpc) is 2.63. The zero-order valence-electron chi connectivity index (χ0n) is 14.0. The Bertz CT molecular complexity index is 917. The van der Waals surface area contributed by atoms with E-state index in [1.807, 2.05) is 13.1 Å². The molecule has 130 valence electrons. The first-order valence-electron chi connectivity index (χ1n) is 8.04. The number of rotatable bonds is 1. The summed E-state index contributed by atoms with van der Waals surface area (Å²) in [5, 5.41) is 38.7. The first-order chi connectivity index (χ1) is 12.4. The van der Waals surface area contributed by atoms with Gasteiger partial charge >= 0.3 is 0 Å². The summed E-state index contributed by atoms with van der Waals surface area (Å²) in [5.41, 5.74) is -0.395. The fraction of sp³-hybridized carbons (Fsp3) is 0.368. The lowest BCUT2D eigenvalue weighted by molar-refractivity contribution is 0.235. The third kappa shape index (κ3) is 2.59. The van der Waals surface area contributed by atoms with Gasteiger partial charge in [0.15, 0.2) is 5.41 Å². The Labute approximate surface area is 162 Å². The molecule has 0 saturated heterocycles. The third-order valence-corrected chi connectivity index (χ3v) is 6.01. The summed E-state index contributed by atoms with van der Waals surface area (Å²) in [6.45, 7) is 1.25. The second kappa shape index (κ2) is 6.75. The van der Waals surface area contributed by atoms with Crippen LogP contribution >= 0.6 is 23.2 Å². The summed E-state index contributed by atoms with van der Waals surface area (Å²) >= 11 is 12.2. The SMILES string of the molecule is CN1CC=C2C(C#N)C(=N)C(C#N)(C#N)C(c3ccc(Cl)c(Cl)c3)C2C1. The molecule has 7 heteroatoms. The number of fused-ring (bicyclic) bond motifs is 1. The van der Waals surface area contributed by atoms with Crippen molar-refractivity contribution in [3.8, 4) is 18.2 Å². The molecule has 1 aromatic rings. The summed E-state index contributed by atoms with van der Waals surface area (Å²) in [7, 11) is 1.95. The number of nitrogens with zero attached hydrogens (tertiary/aromatic N) is 4. The van der Waals surface area contributed by atoms with Crippen molar-refractivity contribution in [2.45, 2.75) is 5.92 Å². The van der Waals surface area contributed by atoms with Crippen molar-refractivity contribution >= 4 is 28.9 Å². The Kier molecular flexibility index (Phi) is 4.78. The molecule has 1 fully saturated rings. The Morgan fingerprint density at radius 2 is 1.88 bits per heavy atom. The van der Waals surface area contributed by atoms with Crippen LogP contribution in [0.4, 0.5) is 0 Å². The lowest BCUT2D eigenvalue weighted by atomic mass is 9.54. The van der Waals surface area contributed by atoms with E-state index in [0.717, 1.165) is 5.57 Å². The van der Waals surface area contributed by atoms with Gasteiger partial charge in [-0.25, -0.2) is 0 Å². The molecule has 5 nitrogen and oxygen atoms in total. The maximum absolute atomic E-state index is 9.92. The van der Waals surface area contributed by atoms with Crippen molar-refractivity contribution in [3.05, 3.63) is 45.5 Å². The van der Waals surface area contributed by atoms with E-state index in [2.05, 4.69) is 23.1 Å². The van der Waals surface area contributed by atoms with Crippen LogP contribution in [0.5, 0.6) is 0 Å². The molecule has 1 aromatic carbocycles. The molecular weight excluding hydrogens is 369 g/mol. The van der Waals surface area contributed by atoms with Crippen LogP contribution < -0.4 is 0 Å². The van der Waals surface area contributed by atoms with Gasteiger partial charge in [0.1, 0.15) is 5.92 Å². The summed E-state index contributed by atoms with van der Waals surface area (Å²) in [6.07, 6.45) is 1.94. The van der Waals surface area contributed by atoms with Crippen molar-refractivity contribution in [2.75, 3.05) is 20.1 Å². The van der Waals surface area contributed by atoms with E-state index in [1.54, 1.807) is 18.2 Å². The van der Waals surface area contributed by atoms with E-state index in [0.29, 0.717) is 28.7 Å². The molecule has 26 heavy (non-hydrogen) atoms. The molecule has 2 aliphatic rings. The number of nitrogens with one attached hydrogen (secondary N) is 1. The predicted molar refractivity (Wildman–Crippen MR) is 98.8 cm³/mol. The normalized spacial score (nSPS) is 27.5. The molecule has 0 radical (unpaired) electrons. The average molecular weight is 384 g/mol. The molecule has 0 bridgehead atoms. The van der Waals surface area contributed by atoms with Crippen LogP contribution in [0.3, 0.4) is 0 Å². The Morgan fingerprint density at radius 3 is 2.46 bits per heavy atom. The van der Waals surface area contributed by atoms with Crippen molar-refractivity contribution < 1.29 is 0 Å². The van der Waals surface area contributed by atoms with Gasteiger partial charge < -0.3 is 10.3 Å². The van der Waals surface area contributed by atoms with E-state index in [-0.39, 0.29) is 11.6 Å². The largest absolute Gasteiger partial charge is 0.305 e. The van der Waals surface area contributed by atoms with Crippen LogP contribution in [0.15, 0.2) is 29.8 Å². The van der Waals surface area contributed by atoms with Gasteiger partial charge in [-0.15, -0.1) is 0 Å². The molecule has 1 aliphatic carbocycles. The number of nitriles is 3. The Balaban J connectivity index is 2.28. The van der Waals surface area contributed by atoms with Crippen molar-refractivity contribution in [2.24, 2.45) is 17.3 Å². The zero-order chi connectivity index (χ0) is 19.1. The van der Waals surface area contributed by atoms with Crippen LogP contribution in [0, 0.1) is 56.7 Å². The van der Waals surface area contributed by atoms with Gasteiger partial charge in [0.05, 0.1) is 34.0 Å². The molecule has 0 aromatic heterocycles. The molecule has 3 atom stereocenters. The lowest BCUT2D eigenvalue weighted by Gasteiger charge is -2.47. The third-order valence-electron chi connectivity index (χ3n) is 5.28. The van der Waals surface area contributed by atoms with Gasteiger partial charge in [0, 0.05) is 24.9 Å². The van der Waals surface area contributed by atoms with Crippen molar-refractivity contribution in [3.63, 3.8) is 0 Å². The van der Waals surface area contributed by atoms with E-state index in [1.165, 1.54) is 0 Å². The fourth-order valence-electron chi connectivity index (χ4n) is 4.03. The van der Waals surface area contributed by atoms with Crippen LogP contribution in [-0.2, 0) is 0 Å². The number of hydrogen-bond acceptors (Lipinski definition) is 5. The highest BCUT2D eigenvalue weighted by molar-refractivity contribution is 6.42. The predicted octanol–water partition coefficient (Wildman–Crippen LogP) is 3.77. The van der Waals surface area contributed by atoms with Gasteiger partial charge in [-0.3, -0.25) is 0 Å². The molecule has 3 unspecified atom stereocenters. The molecule has 1 saturated carbocycles. The molecule has 3 rings (SSSR count). The van der Waals surface area contributed by atoms with Crippen LogP contribution in [0.2, 0.25) is 10.0 Å². The maximum Gasteiger partial charge on any atom is 0.189 e. The fourth-order valence-corrected chi connectivity index (χ4v) is 4.34.